The highest BCUT2D eigenvalue weighted by Gasteiger charge is 2.18. The molecule has 1 saturated heterocycles. The molecule has 146 valence electrons. The zero-order valence-electron chi connectivity index (χ0n) is 16.3. The lowest BCUT2D eigenvalue weighted by Crippen LogP contribution is -2.15. The van der Waals surface area contributed by atoms with Crippen LogP contribution < -0.4 is 5.32 Å². The Kier molecular flexibility index (Phi) is 5.64. The molecule has 0 radical (unpaired) electrons. The van der Waals surface area contributed by atoms with Gasteiger partial charge in [0.15, 0.2) is 5.65 Å². The number of nitrogens with one attached hydrogen (secondary N) is 1. The van der Waals surface area contributed by atoms with Crippen LogP contribution in [0.4, 0.5) is 5.69 Å². The summed E-state index contributed by atoms with van der Waals surface area (Å²) in [6.07, 6.45) is 3.04. The third-order valence-electron chi connectivity index (χ3n) is 4.74. The van der Waals surface area contributed by atoms with Crippen molar-refractivity contribution in [3.63, 3.8) is 0 Å². The lowest BCUT2D eigenvalue weighted by atomic mass is 10.1. The molecule has 1 aromatic carbocycles. The molecule has 1 amide bonds. The van der Waals surface area contributed by atoms with Crippen molar-refractivity contribution in [1.29, 1.82) is 0 Å². The van der Waals surface area contributed by atoms with E-state index in [1.54, 1.807) is 6.20 Å². The van der Waals surface area contributed by atoms with Gasteiger partial charge < -0.3 is 5.32 Å². The van der Waals surface area contributed by atoms with Crippen LogP contribution in [0.3, 0.4) is 0 Å². The Bertz CT molecular complexity index is 1010. The first kappa shape index (κ1) is 19.3. The van der Waals surface area contributed by atoms with E-state index in [0.29, 0.717) is 15.8 Å². The Labute approximate surface area is 173 Å². The lowest BCUT2D eigenvalue weighted by molar-refractivity contribution is 0.102. The second-order valence-electron chi connectivity index (χ2n) is 7.22. The fourth-order valence-electron chi connectivity index (χ4n) is 3.32. The van der Waals surface area contributed by atoms with E-state index in [1.807, 2.05) is 53.3 Å². The predicted octanol–water partition coefficient (Wildman–Crippen LogP) is 5.44. The van der Waals surface area contributed by atoms with Gasteiger partial charge in [-0.15, -0.1) is 23.5 Å². The van der Waals surface area contributed by atoms with Gasteiger partial charge in [0.2, 0.25) is 0 Å². The summed E-state index contributed by atoms with van der Waals surface area (Å²) in [5.74, 6) is 2.26. The summed E-state index contributed by atoms with van der Waals surface area (Å²) in [6.45, 7) is 6.01. The van der Waals surface area contributed by atoms with E-state index in [1.165, 1.54) is 23.5 Å². The van der Waals surface area contributed by atoms with Crippen molar-refractivity contribution in [2.45, 2.75) is 37.8 Å². The molecule has 1 aliphatic heterocycles. The number of thioether (sulfide) groups is 2. The normalized spacial score (nSPS) is 15.3. The summed E-state index contributed by atoms with van der Waals surface area (Å²) in [4.78, 5) is 17.6. The standard InChI is InChI=1S/C21H24N4OS2/c1-13(2)25-19-16(12-22-25)11-18(14(3)23-19)20(26)24-17-7-4-6-15(10-17)21-27-8-5-9-28-21/h4,6-7,10-13,21H,5,8-9H2,1-3H3,(H,24,26). The van der Waals surface area contributed by atoms with Crippen molar-refractivity contribution < 1.29 is 4.79 Å². The molecule has 0 bridgehead atoms. The summed E-state index contributed by atoms with van der Waals surface area (Å²) in [7, 11) is 0. The number of rotatable bonds is 4. The lowest BCUT2D eigenvalue weighted by Gasteiger charge is -2.21. The largest absolute Gasteiger partial charge is 0.322 e. The number of carbonyl (C=O) groups excluding carboxylic acids is 1. The minimum absolute atomic E-state index is 0.134. The van der Waals surface area contributed by atoms with E-state index in [2.05, 4.69) is 41.4 Å². The number of fused-ring (bicyclic) bond motifs is 1. The van der Waals surface area contributed by atoms with E-state index >= 15 is 0 Å². The summed E-state index contributed by atoms with van der Waals surface area (Å²) >= 11 is 3.96. The van der Waals surface area contributed by atoms with Crippen molar-refractivity contribution in [3.8, 4) is 0 Å². The Morgan fingerprint density at radius 2 is 2.04 bits per heavy atom. The highest BCUT2D eigenvalue weighted by atomic mass is 32.2. The van der Waals surface area contributed by atoms with Crippen LogP contribution >= 0.6 is 23.5 Å². The maximum atomic E-state index is 12.9. The summed E-state index contributed by atoms with van der Waals surface area (Å²) in [5, 5.41) is 8.33. The Morgan fingerprint density at radius 3 is 2.79 bits per heavy atom. The molecule has 0 saturated carbocycles. The fraction of sp³-hybridized carbons (Fsp3) is 0.381. The molecular weight excluding hydrogens is 388 g/mol. The van der Waals surface area contributed by atoms with Gasteiger partial charge in [-0.1, -0.05) is 12.1 Å². The fourth-order valence-corrected chi connectivity index (χ4v) is 6.19. The molecule has 0 unspecified atom stereocenters. The van der Waals surface area contributed by atoms with Crippen LogP contribution in [-0.4, -0.2) is 32.2 Å². The van der Waals surface area contributed by atoms with Crippen LogP contribution in [0, 0.1) is 6.92 Å². The van der Waals surface area contributed by atoms with Gasteiger partial charge in [0.1, 0.15) is 0 Å². The number of amides is 1. The first-order valence-electron chi connectivity index (χ1n) is 9.52. The smallest absolute Gasteiger partial charge is 0.257 e. The maximum absolute atomic E-state index is 12.9. The Hall–Kier alpha value is -1.99. The topological polar surface area (TPSA) is 59.8 Å². The number of anilines is 1. The van der Waals surface area contributed by atoms with Gasteiger partial charge in [0.05, 0.1) is 22.0 Å². The van der Waals surface area contributed by atoms with Gasteiger partial charge in [0, 0.05) is 17.1 Å². The van der Waals surface area contributed by atoms with Crippen molar-refractivity contribution in [2.24, 2.45) is 0 Å². The number of aromatic nitrogens is 3. The molecule has 1 fully saturated rings. The molecule has 7 heteroatoms. The molecule has 0 spiro atoms. The van der Waals surface area contributed by atoms with Crippen molar-refractivity contribution in [3.05, 3.63) is 53.3 Å². The molecule has 1 N–H and O–H groups in total. The first-order valence-corrected chi connectivity index (χ1v) is 11.6. The molecular formula is C21H24N4OS2. The molecule has 0 atom stereocenters. The number of nitrogens with zero attached hydrogens (tertiary/aromatic N) is 3. The minimum Gasteiger partial charge on any atom is -0.322 e. The van der Waals surface area contributed by atoms with Crippen LogP contribution in [0.2, 0.25) is 0 Å². The van der Waals surface area contributed by atoms with Gasteiger partial charge >= 0.3 is 0 Å². The predicted molar refractivity (Wildman–Crippen MR) is 119 cm³/mol. The number of benzene rings is 1. The third-order valence-corrected chi connectivity index (χ3v) is 7.75. The van der Waals surface area contributed by atoms with Crippen LogP contribution in [-0.2, 0) is 0 Å². The van der Waals surface area contributed by atoms with Gasteiger partial charge in [-0.05, 0) is 62.5 Å². The van der Waals surface area contributed by atoms with Crippen molar-refractivity contribution >= 4 is 46.2 Å². The zero-order valence-corrected chi connectivity index (χ0v) is 17.9. The summed E-state index contributed by atoms with van der Waals surface area (Å²) in [6, 6.07) is 10.3. The SMILES string of the molecule is Cc1nc2c(cnn2C(C)C)cc1C(=O)Nc1cccc(C2SCCCS2)c1. The molecule has 1 aliphatic rings. The average Bonchev–Trinajstić information content (AvgIpc) is 3.11. The first-order chi connectivity index (χ1) is 13.5. The number of pyridine rings is 1. The number of aryl methyl sites for hydroxylation is 1. The number of hydrogen-bond acceptors (Lipinski definition) is 5. The van der Waals surface area contributed by atoms with Crippen molar-refractivity contribution in [1.82, 2.24) is 14.8 Å². The second kappa shape index (κ2) is 8.17. The molecule has 3 heterocycles. The van der Waals surface area contributed by atoms with E-state index < -0.39 is 0 Å². The van der Waals surface area contributed by atoms with Crippen LogP contribution in [0.15, 0.2) is 36.5 Å². The minimum atomic E-state index is -0.134. The van der Waals surface area contributed by atoms with Gasteiger partial charge in [-0.25, -0.2) is 9.67 Å². The molecule has 4 rings (SSSR count). The monoisotopic (exact) mass is 412 g/mol. The Balaban J connectivity index is 1.57. The highest BCUT2D eigenvalue weighted by Crippen LogP contribution is 2.44. The van der Waals surface area contributed by atoms with E-state index in [-0.39, 0.29) is 11.9 Å². The van der Waals surface area contributed by atoms with E-state index in [0.717, 1.165) is 16.7 Å². The number of hydrogen-bond donors (Lipinski definition) is 1. The number of carbonyl (C=O) groups is 1. The summed E-state index contributed by atoms with van der Waals surface area (Å²) in [5.41, 5.74) is 4.20. The quantitative estimate of drug-likeness (QED) is 0.618. The van der Waals surface area contributed by atoms with E-state index in [4.69, 9.17) is 0 Å². The zero-order chi connectivity index (χ0) is 19.7. The van der Waals surface area contributed by atoms with Crippen molar-refractivity contribution in [2.75, 3.05) is 16.8 Å². The molecule has 0 aliphatic carbocycles. The van der Waals surface area contributed by atoms with Gasteiger partial charge in [-0.2, -0.15) is 5.10 Å². The van der Waals surface area contributed by atoms with E-state index in [9.17, 15) is 4.79 Å². The summed E-state index contributed by atoms with van der Waals surface area (Å²) < 4.78 is 2.33. The second-order valence-corrected chi connectivity index (χ2v) is 9.95. The highest BCUT2D eigenvalue weighted by molar-refractivity contribution is 8.16. The van der Waals surface area contributed by atoms with Crippen LogP contribution in [0.5, 0.6) is 0 Å². The van der Waals surface area contributed by atoms with Crippen LogP contribution in [0.1, 0.15) is 52.5 Å². The van der Waals surface area contributed by atoms with Gasteiger partial charge in [-0.3, -0.25) is 4.79 Å². The molecule has 2 aromatic heterocycles. The maximum Gasteiger partial charge on any atom is 0.257 e. The molecule has 3 aromatic rings. The van der Waals surface area contributed by atoms with Gasteiger partial charge in [0.25, 0.3) is 5.91 Å². The van der Waals surface area contributed by atoms with Crippen LogP contribution in [0.25, 0.3) is 11.0 Å². The third kappa shape index (κ3) is 3.91. The Morgan fingerprint density at radius 1 is 1.25 bits per heavy atom. The average molecular weight is 413 g/mol. The molecule has 5 nitrogen and oxygen atoms in total. The molecule has 28 heavy (non-hydrogen) atoms.